The van der Waals surface area contributed by atoms with E-state index in [1.165, 1.54) is 0 Å². The number of nitrogens with zero attached hydrogens (tertiary/aromatic N) is 5. The zero-order valence-corrected chi connectivity index (χ0v) is 20.0. The molecule has 3 heterocycles. The molecular weight excluding hydrogens is 418 g/mol. The van der Waals surface area contributed by atoms with E-state index in [-0.39, 0.29) is 18.1 Å². The molecule has 0 aliphatic carbocycles. The van der Waals surface area contributed by atoms with Gasteiger partial charge in [0.25, 0.3) is 5.91 Å². The van der Waals surface area contributed by atoms with E-state index >= 15 is 0 Å². The molecule has 2 aromatic heterocycles. The maximum Gasteiger partial charge on any atom is 0.274 e. The Morgan fingerprint density at radius 2 is 1.94 bits per heavy atom. The van der Waals surface area contributed by atoms with Crippen LogP contribution in [0.1, 0.15) is 54.9 Å². The van der Waals surface area contributed by atoms with Gasteiger partial charge in [0.1, 0.15) is 11.5 Å². The third-order valence-electron chi connectivity index (χ3n) is 5.83. The molecule has 8 nitrogen and oxygen atoms in total. The van der Waals surface area contributed by atoms with Crippen LogP contribution >= 0.6 is 0 Å². The molecule has 176 valence electrons. The van der Waals surface area contributed by atoms with E-state index in [0.717, 1.165) is 42.5 Å². The van der Waals surface area contributed by atoms with Crippen LogP contribution in [0.15, 0.2) is 47.1 Å². The lowest BCUT2D eigenvalue weighted by Crippen LogP contribution is -2.35. The smallest absolute Gasteiger partial charge is 0.274 e. The highest BCUT2D eigenvalue weighted by Crippen LogP contribution is 2.23. The number of ether oxygens (including phenoxy) is 1. The van der Waals surface area contributed by atoms with Gasteiger partial charge in [0, 0.05) is 37.8 Å². The number of rotatable bonds is 6. The topological polar surface area (TPSA) is 76.6 Å². The van der Waals surface area contributed by atoms with Crippen LogP contribution < -0.4 is 4.74 Å². The van der Waals surface area contributed by atoms with Crippen molar-refractivity contribution in [1.29, 1.82) is 0 Å². The second kappa shape index (κ2) is 9.79. The first-order valence-electron chi connectivity index (χ1n) is 11.5. The van der Waals surface area contributed by atoms with Gasteiger partial charge in [0.2, 0.25) is 5.89 Å². The van der Waals surface area contributed by atoms with E-state index in [1.54, 1.807) is 16.9 Å². The second-order valence-corrected chi connectivity index (χ2v) is 9.57. The summed E-state index contributed by atoms with van der Waals surface area (Å²) in [6.45, 7) is 12.3. The van der Waals surface area contributed by atoms with Gasteiger partial charge in [-0.05, 0) is 31.0 Å². The molecule has 0 unspecified atom stereocenters. The zero-order chi connectivity index (χ0) is 23.4. The number of carbonyl (C=O) groups is 1. The number of aryl methyl sites for hydroxylation is 1. The number of hydrogen-bond donors (Lipinski definition) is 0. The molecule has 0 spiro atoms. The van der Waals surface area contributed by atoms with Crippen molar-refractivity contribution in [3.8, 4) is 5.75 Å². The Labute approximate surface area is 195 Å². The Kier molecular flexibility index (Phi) is 6.83. The molecule has 0 saturated carbocycles. The zero-order valence-electron chi connectivity index (χ0n) is 20.0. The maximum absolute atomic E-state index is 13.0. The summed E-state index contributed by atoms with van der Waals surface area (Å²) < 4.78 is 13.4. The molecule has 0 atom stereocenters. The van der Waals surface area contributed by atoms with Gasteiger partial charge in [-0.2, -0.15) is 5.10 Å². The number of amides is 1. The first-order chi connectivity index (χ1) is 15.8. The summed E-state index contributed by atoms with van der Waals surface area (Å²) in [5.74, 6) is 2.39. The molecule has 0 N–H and O–H groups in total. The summed E-state index contributed by atoms with van der Waals surface area (Å²) in [5.41, 5.74) is 1.45. The molecule has 0 radical (unpaired) electrons. The molecule has 4 rings (SSSR count). The number of oxazole rings is 1. The van der Waals surface area contributed by atoms with Crippen molar-refractivity contribution < 1.29 is 13.9 Å². The lowest BCUT2D eigenvalue weighted by atomic mass is 9.94. The summed E-state index contributed by atoms with van der Waals surface area (Å²) in [6.07, 6.45) is 4.50. The molecule has 33 heavy (non-hydrogen) atoms. The fraction of sp³-hybridized carbons (Fsp3) is 0.480. The van der Waals surface area contributed by atoms with Gasteiger partial charge in [-0.25, -0.2) is 9.67 Å². The molecule has 1 amide bonds. The van der Waals surface area contributed by atoms with E-state index in [4.69, 9.17) is 9.15 Å². The summed E-state index contributed by atoms with van der Waals surface area (Å²) >= 11 is 0. The summed E-state index contributed by atoms with van der Waals surface area (Å²) in [7, 11) is 0. The number of para-hydroxylation sites is 1. The van der Waals surface area contributed by atoms with Crippen molar-refractivity contribution in [3.63, 3.8) is 0 Å². The minimum Gasteiger partial charge on any atom is -0.471 e. The van der Waals surface area contributed by atoms with Gasteiger partial charge >= 0.3 is 0 Å². The summed E-state index contributed by atoms with van der Waals surface area (Å²) in [5, 5.41) is 4.44. The van der Waals surface area contributed by atoms with Crippen molar-refractivity contribution in [1.82, 2.24) is 24.6 Å². The van der Waals surface area contributed by atoms with Crippen LogP contribution in [0.2, 0.25) is 0 Å². The maximum atomic E-state index is 13.0. The SMILES string of the molecule is Cc1ccccc1OCn1ccc(C(=O)N2CCCN(Cc3ncc(C(C)(C)C)o3)CC2)n1. The Hall–Kier alpha value is -3.13. The fourth-order valence-electron chi connectivity index (χ4n) is 3.82. The van der Waals surface area contributed by atoms with Gasteiger partial charge in [0.15, 0.2) is 12.4 Å². The quantitative estimate of drug-likeness (QED) is 0.566. The number of benzene rings is 1. The van der Waals surface area contributed by atoms with E-state index in [9.17, 15) is 4.79 Å². The van der Waals surface area contributed by atoms with Crippen LogP contribution in [0.5, 0.6) is 5.75 Å². The first kappa shape index (κ1) is 23.0. The number of aromatic nitrogens is 3. The predicted molar refractivity (Wildman–Crippen MR) is 125 cm³/mol. The largest absolute Gasteiger partial charge is 0.471 e. The lowest BCUT2D eigenvalue weighted by molar-refractivity contribution is 0.0752. The minimum atomic E-state index is -0.0539. The highest BCUT2D eigenvalue weighted by Gasteiger charge is 2.24. The van der Waals surface area contributed by atoms with Gasteiger partial charge in [0.05, 0.1) is 12.7 Å². The normalized spacial score (nSPS) is 15.5. The Balaban J connectivity index is 1.30. The second-order valence-electron chi connectivity index (χ2n) is 9.57. The Morgan fingerprint density at radius 3 is 2.70 bits per heavy atom. The van der Waals surface area contributed by atoms with Crippen LogP contribution in [0.25, 0.3) is 0 Å². The molecule has 1 aliphatic rings. The fourth-order valence-corrected chi connectivity index (χ4v) is 3.82. The average molecular weight is 452 g/mol. The minimum absolute atomic E-state index is 0.0439. The molecule has 1 aliphatic heterocycles. The lowest BCUT2D eigenvalue weighted by Gasteiger charge is -2.20. The predicted octanol–water partition coefficient (Wildman–Crippen LogP) is 3.86. The highest BCUT2D eigenvalue weighted by atomic mass is 16.5. The van der Waals surface area contributed by atoms with E-state index in [1.807, 2.05) is 42.3 Å². The molecule has 3 aromatic rings. The molecule has 0 bridgehead atoms. The van der Waals surface area contributed by atoms with Crippen LogP contribution in [0.4, 0.5) is 0 Å². The molecule has 1 saturated heterocycles. The number of hydrogen-bond acceptors (Lipinski definition) is 6. The van der Waals surface area contributed by atoms with E-state index in [0.29, 0.717) is 25.3 Å². The van der Waals surface area contributed by atoms with E-state index in [2.05, 4.69) is 35.8 Å². The third kappa shape index (κ3) is 5.82. The highest BCUT2D eigenvalue weighted by molar-refractivity contribution is 5.92. The van der Waals surface area contributed by atoms with Crippen molar-refractivity contribution >= 4 is 5.91 Å². The van der Waals surface area contributed by atoms with Crippen LogP contribution in [0, 0.1) is 6.92 Å². The molecule has 1 aromatic carbocycles. The van der Waals surface area contributed by atoms with Gasteiger partial charge in [-0.15, -0.1) is 0 Å². The molecular formula is C25H33N5O3. The van der Waals surface area contributed by atoms with Gasteiger partial charge in [-0.1, -0.05) is 39.0 Å². The van der Waals surface area contributed by atoms with Crippen molar-refractivity contribution in [3.05, 3.63) is 65.6 Å². The standard InChI is InChI=1S/C25H33N5O3/c1-19-8-5-6-9-21(19)32-18-30-13-10-20(27-30)24(31)29-12-7-11-28(14-15-29)17-23-26-16-22(33-23)25(2,3)4/h5-6,8-10,13,16H,7,11-12,14-15,17-18H2,1-4H3. The van der Waals surface area contributed by atoms with Crippen molar-refractivity contribution in [2.75, 3.05) is 26.2 Å². The molecule has 8 heteroatoms. The first-order valence-corrected chi connectivity index (χ1v) is 11.5. The van der Waals surface area contributed by atoms with Crippen LogP contribution in [0.3, 0.4) is 0 Å². The van der Waals surface area contributed by atoms with Crippen LogP contribution in [-0.4, -0.2) is 56.7 Å². The third-order valence-corrected chi connectivity index (χ3v) is 5.83. The molecule has 1 fully saturated rings. The van der Waals surface area contributed by atoms with Crippen LogP contribution in [-0.2, 0) is 18.7 Å². The van der Waals surface area contributed by atoms with Gasteiger partial charge < -0.3 is 14.1 Å². The summed E-state index contributed by atoms with van der Waals surface area (Å²) in [4.78, 5) is 21.6. The number of carbonyl (C=O) groups excluding carboxylic acids is 1. The summed E-state index contributed by atoms with van der Waals surface area (Å²) in [6, 6.07) is 9.60. The van der Waals surface area contributed by atoms with E-state index < -0.39 is 0 Å². The average Bonchev–Trinajstić information content (AvgIpc) is 3.39. The monoisotopic (exact) mass is 451 g/mol. The Bertz CT molecular complexity index is 1080. The van der Waals surface area contributed by atoms with Crippen molar-refractivity contribution in [2.24, 2.45) is 0 Å². The van der Waals surface area contributed by atoms with Gasteiger partial charge in [-0.3, -0.25) is 9.69 Å². The van der Waals surface area contributed by atoms with Crippen molar-refractivity contribution in [2.45, 2.75) is 52.8 Å². The Morgan fingerprint density at radius 1 is 1.12 bits per heavy atom.